The van der Waals surface area contributed by atoms with Crippen LogP contribution in [0.3, 0.4) is 0 Å². The molecule has 0 unspecified atom stereocenters. The van der Waals surface area contributed by atoms with Gasteiger partial charge in [-0.25, -0.2) is 19.6 Å². The van der Waals surface area contributed by atoms with Gasteiger partial charge in [0.25, 0.3) is 0 Å². The molecule has 0 amide bonds. The fourth-order valence-electron chi connectivity index (χ4n) is 5.40. The number of aryl methyl sites for hydroxylation is 3. The number of hydrogen-bond acceptors (Lipinski definition) is 5. The molecule has 200 valence electrons. The molecule has 39 heavy (non-hydrogen) atoms. The summed E-state index contributed by atoms with van der Waals surface area (Å²) < 4.78 is 41.3. The van der Waals surface area contributed by atoms with Gasteiger partial charge in [0, 0.05) is 43.0 Å². The van der Waals surface area contributed by atoms with E-state index in [9.17, 15) is 13.2 Å². The van der Waals surface area contributed by atoms with Crippen LogP contribution < -0.4 is 4.90 Å². The van der Waals surface area contributed by atoms with Crippen LogP contribution in [0.4, 0.5) is 19.1 Å². The molecule has 10 heteroatoms. The molecule has 0 fully saturated rings. The quantitative estimate of drug-likeness (QED) is 0.291. The summed E-state index contributed by atoms with van der Waals surface area (Å²) in [5, 5.41) is 5.15. The Morgan fingerprint density at radius 1 is 1.00 bits per heavy atom. The molecule has 1 N–H and O–H groups in total. The number of aromatic nitrogens is 6. The molecule has 1 aliphatic rings. The molecular weight excluding hydrogens is 503 g/mol. The number of H-pyrrole nitrogens is 1. The molecule has 3 aromatic heterocycles. The topological polar surface area (TPSA) is 75.5 Å². The number of nitrogens with one attached hydrogen (secondary N) is 1. The summed E-state index contributed by atoms with van der Waals surface area (Å²) in [4.78, 5) is 17.9. The van der Waals surface area contributed by atoms with Gasteiger partial charge >= 0.3 is 6.18 Å². The number of imidazole rings is 1. The average Bonchev–Trinajstić information content (AvgIpc) is 3.50. The third kappa shape index (κ3) is 4.43. The van der Waals surface area contributed by atoms with Crippen LogP contribution in [-0.4, -0.2) is 36.3 Å². The van der Waals surface area contributed by atoms with Crippen molar-refractivity contribution in [3.63, 3.8) is 0 Å². The lowest BCUT2D eigenvalue weighted by Crippen LogP contribution is -2.31. The molecule has 7 nitrogen and oxygen atoms in total. The molecule has 5 aromatic rings. The van der Waals surface area contributed by atoms with Gasteiger partial charge in [0.2, 0.25) is 5.95 Å². The van der Waals surface area contributed by atoms with E-state index >= 15 is 0 Å². The Balaban J connectivity index is 1.51. The number of halogens is 3. The van der Waals surface area contributed by atoms with Gasteiger partial charge in [0.1, 0.15) is 5.82 Å². The number of nitrogens with zero attached hydrogens (tertiary/aromatic N) is 6. The van der Waals surface area contributed by atoms with Gasteiger partial charge < -0.3 is 9.88 Å². The van der Waals surface area contributed by atoms with Crippen LogP contribution in [0.1, 0.15) is 47.6 Å². The van der Waals surface area contributed by atoms with Crippen molar-refractivity contribution >= 4 is 17.0 Å². The van der Waals surface area contributed by atoms with Crippen molar-refractivity contribution in [3.05, 3.63) is 82.6 Å². The number of alkyl halides is 3. The maximum absolute atomic E-state index is 13.1. The molecule has 4 heterocycles. The lowest BCUT2D eigenvalue weighted by atomic mass is 9.99. The van der Waals surface area contributed by atoms with Crippen molar-refractivity contribution < 1.29 is 13.2 Å². The highest BCUT2D eigenvalue weighted by Gasteiger charge is 2.33. The molecule has 0 aliphatic carbocycles. The third-order valence-electron chi connectivity index (χ3n) is 7.33. The number of rotatable bonds is 5. The number of anilines is 1. The van der Waals surface area contributed by atoms with Crippen LogP contribution in [0, 0.1) is 6.92 Å². The average molecular weight is 532 g/mol. The number of aromatic amines is 1. The zero-order valence-electron chi connectivity index (χ0n) is 22.0. The van der Waals surface area contributed by atoms with Crippen LogP contribution in [0.5, 0.6) is 0 Å². The first-order chi connectivity index (χ1) is 18.8. The second-order valence-corrected chi connectivity index (χ2v) is 9.81. The number of fused-ring (bicyclic) bond motifs is 2. The molecule has 2 aromatic carbocycles. The lowest BCUT2D eigenvalue weighted by Gasteiger charge is -2.27. The SMILES string of the molecule is CCc1cccc(CC)c1-n1nc2c(c1-c1ccc3nc(C)[nH]c3c1)CN(c1ncc(C(F)(F)F)cn1)CC2. The summed E-state index contributed by atoms with van der Waals surface area (Å²) in [6.45, 7) is 7.21. The first-order valence-electron chi connectivity index (χ1n) is 13.1. The number of hydrogen-bond donors (Lipinski definition) is 1. The summed E-state index contributed by atoms with van der Waals surface area (Å²) in [5.74, 6) is 1.11. The van der Waals surface area contributed by atoms with Crippen LogP contribution in [0.15, 0.2) is 48.8 Å². The van der Waals surface area contributed by atoms with Crippen LogP contribution >= 0.6 is 0 Å². The highest BCUT2D eigenvalue weighted by Crippen LogP contribution is 2.37. The maximum atomic E-state index is 13.1. The zero-order chi connectivity index (χ0) is 27.3. The van der Waals surface area contributed by atoms with E-state index < -0.39 is 11.7 Å². The Morgan fingerprint density at radius 2 is 1.72 bits per heavy atom. The molecule has 1 aliphatic heterocycles. The van der Waals surface area contributed by atoms with Gasteiger partial charge in [0.05, 0.1) is 33.7 Å². The summed E-state index contributed by atoms with van der Waals surface area (Å²) in [6, 6.07) is 12.5. The highest BCUT2D eigenvalue weighted by molar-refractivity contribution is 5.83. The fraction of sp³-hybridized carbons (Fsp3) is 0.310. The van der Waals surface area contributed by atoms with Gasteiger partial charge in [-0.3, -0.25) is 0 Å². The summed E-state index contributed by atoms with van der Waals surface area (Å²) in [6.07, 6.45) is -0.436. The maximum Gasteiger partial charge on any atom is 0.419 e. The molecule has 0 bridgehead atoms. The van der Waals surface area contributed by atoms with E-state index in [1.807, 2.05) is 17.9 Å². The third-order valence-corrected chi connectivity index (χ3v) is 7.33. The zero-order valence-corrected chi connectivity index (χ0v) is 22.0. The molecular formula is C29H28F3N7. The Labute approximate surface area is 223 Å². The fourth-order valence-corrected chi connectivity index (χ4v) is 5.40. The molecule has 0 radical (unpaired) electrons. The van der Waals surface area contributed by atoms with Crippen LogP contribution in [-0.2, 0) is 32.0 Å². The Morgan fingerprint density at radius 3 is 2.38 bits per heavy atom. The summed E-state index contributed by atoms with van der Waals surface area (Å²) in [7, 11) is 0. The number of para-hydroxylation sites is 1. The van der Waals surface area contributed by atoms with E-state index in [2.05, 4.69) is 68.8 Å². The highest BCUT2D eigenvalue weighted by atomic mass is 19.4. The van der Waals surface area contributed by atoms with Crippen molar-refractivity contribution in [3.8, 4) is 16.9 Å². The van der Waals surface area contributed by atoms with Crippen LogP contribution in [0.2, 0.25) is 0 Å². The predicted octanol–water partition coefficient (Wildman–Crippen LogP) is 6.22. The van der Waals surface area contributed by atoms with E-state index in [4.69, 9.17) is 5.10 Å². The monoisotopic (exact) mass is 531 g/mol. The normalized spacial score (nSPS) is 13.7. The predicted molar refractivity (Wildman–Crippen MR) is 144 cm³/mol. The van der Waals surface area contributed by atoms with Crippen molar-refractivity contribution in [2.45, 2.75) is 52.8 Å². The van der Waals surface area contributed by atoms with E-state index in [0.29, 0.717) is 19.5 Å². The Hall–Kier alpha value is -4.21. The van der Waals surface area contributed by atoms with Gasteiger partial charge in [-0.1, -0.05) is 38.1 Å². The van der Waals surface area contributed by atoms with E-state index in [-0.39, 0.29) is 5.95 Å². The van der Waals surface area contributed by atoms with E-state index in [1.54, 1.807) is 0 Å². The Bertz CT molecular complexity index is 1640. The van der Waals surface area contributed by atoms with Crippen molar-refractivity contribution in [1.29, 1.82) is 0 Å². The molecule has 6 rings (SSSR count). The van der Waals surface area contributed by atoms with Gasteiger partial charge in [0.15, 0.2) is 0 Å². The minimum atomic E-state index is -4.48. The lowest BCUT2D eigenvalue weighted by molar-refractivity contribution is -0.138. The second kappa shape index (κ2) is 9.52. The Kier molecular flexibility index (Phi) is 6.12. The van der Waals surface area contributed by atoms with E-state index in [1.165, 1.54) is 11.1 Å². The van der Waals surface area contributed by atoms with Crippen molar-refractivity contribution in [2.24, 2.45) is 0 Å². The minimum absolute atomic E-state index is 0.273. The van der Waals surface area contributed by atoms with Gasteiger partial charge in [-0.05, 0) is 43.0 Å². The molecule has 0 saturated heterocycles. The summed E-state index contributed by atoms with van der Waals surface area (Å²) in [5.41, 5.74) is 8.41. The standard InChI is InChI=1S/C29H28F3N7/c1-4-18-7-6-8-19(5-2)26(18)39-27(20-9-10-24-25(13-20)36-17(3)35-24)22-16-38(12-11-23(22)37-39)28-33-14-21(15-34-28)29(30,31)32/h6-10,13-15H,4-5,11-12,16H2,1-3H3,(H,35,36). The van der Waals surface area contributed by atoms with Gasteiger partial charge in [-0.15, -0.1) is 0 Å². The first kappa shape index (κ1) is 25.1. The van der Waals surface area contributed by atoms with Gasteiger partial charge in [-0.2, -0.15) is 18.3 Å². The minimum Gasteiger partial charge on any atom is -0.342 e. The second-order valence-electron chi connectivity index (χ2n) is 9.81. The van der Waals surface area contributed by atoms with Crippen molar-refractivity contribution in [2.75, 3.05) is 11.4 Å². The molecule has 0 saturated carbocycles. The smallest absolute Gasteiger partial charge is 0.342 e. The van der Waals surface area contributed by atoms with E-state index in [0.717, 1.165) is 70.3 Å². The number of benzene rings is 2. The largest absolute Gasteiger partial charge is 0.419 e. The van der Waals surface area contributed by atoms with Crippen molar-refractivity contribution in [1.82, 2.24) is 29.7 Å². The van der Waals surface area contributed by atoms with Crippen LogP contribution in [0.25, 0.3) is 28.0 Å². The molecule has 0 spiro atoms. The summed E-state index contributed by atoms with van der Waals surface area (Å²) >= 11 is 0. The first-order valence-corrected chi connectivity index (χ1v) is 13.1. The molecule has 0 atom stereocenters.